The number of benzene rings is 1. The maximum Gasteiger partial charge on any atom is 0.341 e. The maximum atomic E-state index is 12.6. The summed E-state index contributed by atoms with van der Waals surface area (Å²) >= 11 is 13.4. The van der Waals surface area contributed by atoms with E-state index in [9.17, 15) is 9.59 Å². The molecule has 1 heterocycles. The standard InChI is InChI=1S/C19H19Cl2NO4S/c1-10(26-14-8-7-11(20)9-13(14)21)17(23)22-18-16(19(24)25-2)12-5-3-4-6-15(12)27-18/h7-10H,3-6H2,1-2H3,(H,22,23)/t10-/m0/s1. The minimum atomic E-state index is -0.812. The highest BCUT2D eigenvalue weighted by molar-refractivity contribution is 7.17. The summed E-state index contributed by atoms with van der Waals surface area (Å²) in [6.07, 6.45) is 3.02. The lowest BCUT2D eigenvalue weighted by molar-refractivity contribution is -0.122. The molecule has 0 fully saturated rings. The number of carbonyl (C=O) groups excluding carboxylic acids is 2. The first-order valence-electron chi connectivity index (χ1n) is 8.56. The van der Waals surface area contributed by atoms with Crippen molar-refractivity contribution in [3.8, 4) is 5.75 Å². The normalized spacial score (nSPS) is 14.2. The van der Waals surface area contributed by atoms with E-state index in [1.165, 1.54) is 18.4 Å². The van der Waals surface area contributed by atoms with Crippen molar-refractivity contribution in [3.63, 3.8) is 0 Å². The molecule has 0 bridgehead atoms. The largest absolute Gasteiger partial charge is 0.479 e. The third-order valence-electron chi connectivity index (χ3n) is 4.36. The summed E-state index contributed by atoms with van der Waals surface area (Å²) in [5.41, 5.74) is 1.45. The summed E-state index contributed by atoms with van der Waals surface area (Å²) in [6, 6.07) is 4.79. The Morgan fingerprint density at radius 1 is 1.22 bits per heavy atom. The molecule has 0 saturated heterocycles. The van der Waals surface area contributed by atoms with Crippen LogP contribution in [0.25, 0.3) is 0 Å². The lowest BCUT2D eigenvalue weighted by Gasteiger charge is -2.16. The van der Waals surface area contributed by atoms with Crippen LogP contribution in [-0.4, -0.2) is 25.1 Å². The SMILES string of the molecule is COC(=O)c1c(NC(=O)[C@H](C)Oc2ccc(Cl)cc2Cl)sc2c1CCCC2. The third kappa shape index (κ3) is 4.39. The number of esters is 1. The molecule has 0 saturated carbocycles. The van der Waals surface area contributed by atoms with E-state index in [0.29, 0.717) is 26.4 Å². The van der Waals surface area contributed by atoms with Gasteiger partial charge < -0.3 is 14.8 Å². The number of hydrogen-bond acceptors (Lipinski definition) is 5. The van der Waals surface area contributed by atoms with E-state index < -0.39 is 12.1 Å². The summed E-state index contributed by atoms with van der Waals surface area (Å²) in [5, 5.41) is 4.13. The van der Waals surface area contributed by atoms with Gasteiger partial charge in [0.1, 0.15) is 10.8 Å². The van der Waals surface area contributed by atoms with Crippen molar-refractivity contribution < 1.29 is 19.1 Å². The molecule has 1 atom stereocenters. The van der Waals surface area contributed by atoms with Gasteiger partial charge in [-0.05, 0) is 56.4 Å². The van der Waals surface area contributed by atoms with Gasteiger partial charge in [-0.25, -0.2) is 4.79 Å². The molecule has 1 N–H and O–H groups in total. The van der Waals surface area contributed by atoms with E-state index in [1.807, 2.05) is 0 Å². The fourth-order valence-corrected chi connectivity index (χ4v) is 4.73. The Hall–Kier alpha value is -1.76. The summed E-state index contributed by atoms with van der Waals surface area (Å²) < 4.78 is 10.6. The number of rotatable bonds is 5. The summed E-state index contributed by atoms with van der Waals surface area (Å²) in [4.78, 5) is 26.0. The quantitative estimate of drug-likeness (QED) is 0.671. The molecule has 2 aromatic rings. The summed E-state index contributed by atoms with van der Waals surface area (Å²) in [5.74, 6) is -0.439. The van der Waals surface area contributed by atoms with Gasteiger partial charge in [0.15, 0.2) is 6.10 Å². The van der Waals surface area contributed by atoms with E-state index >= 15 is 0 Å². The Balaban J connectivity index is 1.79. The van der Waals surface area contributed by atoms with Crippen molar-refractivity contribution >= 4 is 51.4 Å². The van der Waals surface area contributed by atoms with E-state index in [-0.39, 0.29) is 5.91 Å². The molecule has 1 amide bonds. The average Bonchev–Trinajstić information content (AvgIpc) is 3.01. The Kier molecular flexibility index (Phi) is 6.29. The number of aryl methyl sites for hydroxylation is 1. The first kappa shape index (κ1) is 20.0. The van der Waals surface area contributed by atoms with Gasteiger partial charge in [-0.1, -0.05) is 23.2 Å². The summed E-state index contributed by atoms with van der Waals surface area (Å²) in [7, 11) is 1.34. The van der Waals surface area contributed by atoms with Crippen LogP contribution >= 0.6 is 34.5 Å². The van der Waals surface area contributed by atoms with Crippen LogP contribution in [0.3, 0.4) is 0 Å². The number of ether oxygens (including phenoxy) is 2. The van der Waals surface area contributed by atoms with Crippen molar-refractivity contribution in [2.45, 2.75) is 38.7 Å². The zero-order valence-corrected chi connectivity index (χ0v) is 17.3. The molecule has 0 spiro atoms. The summed E-state index contributed by atoms with van der Waals surface area (Å²) in [6.45, 7) is 1.62. The van der Waals surface area contributed by atoms with Crippen LogP contribution in [-0.2, 0) is 22.4 Å². The van der Waals surface area contributed by atoms with Gasteiger partial charge in [0.25, 0.3) is 5.91 Å². The van der Waals surface area contributed by atoms with E-state index in [1.54, 1.807) is 25.1 Å². The Labute approximate surface area is 171 Å². The molecule has 1 aliphatic rings. The van der Waals surface area contributed by atoms with Crippen LogP contribution in [0.15, 0.2) is 18.2 Å². The van der Waals surface area contributed by atoms with E-state index in [4.69, 9.17) is 32.7 Å². The third-order valence-corrected chi connectivity index (χ3v) is 6.10. The van der Waals surface area contributed by atoms with Gasteiger partial charge >= 0.3 is 5.97 Å². The van der Waals surface area contributed by atoms with Crippen LogP contribution in [0.4, 0.5) is 5.00 Å². The monoisotopic (exact) mass is 427 g/mol. The molecule has 5 nitrogen and oxygen atoms in total. The fourth-order valence-electron chi connectivity index (χ4n) is 3.00. The number of methoxy groups -OCH3 is 1. The number of anilines is 1. The molecule has 144 valence electrons. The highest BCUT2D eigenvalue weighted by atomic mass is 35.5. The van der Waals surface area contributed by atoms with E-state index in [0.717, 1.165) is 36.1 Å². The van der Waals surface area contributed by atoms with Crippen molar-refractivity contribution in [1.29, 1.82) is 0 Å². The van der Waals surface area contributed by atoms with Gasteiger partial charge in [0, 0.05) is 9.90 Å². The van der Waals surface area contributed by atoms with Crippen molar-refractivity contribution in [1.82, 2.24) is 0 Å². The molecule has 1 aliphatic carbocycles. The Morgan fingerprint density at radius 3 is 2.67 bits per heavy atom. The molecule has 0 aliphatic heterocycles. The highest BCUT2D eigenvalue weighted by Crippen LogP contribution is 2.38. The van der Waals surface area contributed by atoms with Crippen molar-refractivity contribution in [3.05, 3.63) is 44.2 Å². The van der Waals surface area contributed by atoms with Crippen molar-refractivity contribution in [2.24, 2.45) is 0 Å². The smallest absolute Gasteiger partial charge is 0.341 e. The van der Waals surface area contributed by atoms with Gasteiger partial charge in [-0.15, -0.1) is 11.3 Å². The molecule has 1 aromatic heterocycles. The van der Waals surface area contributed by atoms with E-state index in [2.05, 4.69) is 5.32 Å². The van der Waals surface area contributed by atoms with Crippen LogP contribution in [0.2, 0.25) is 10.0 Å². The minimum absolute atomic E-state index is 0.323. The van der Waals surface area contributed by atoms with Gasteiger partial charge in [0.2, 0.25) is 0 Å². The predicted octanol–water partition coefficient (Wildman–Crippen LogP) is 5.13. The fraction of sp³-hybridized carbons (Fsp3) is 0.368. The lowest BCUT2D eigenvalue weighted by atomic mass is 9.95. The van der Waals surface area contributed by atoms with Gasteiger partial charge in [0.05, 0.1) is 17.7 Å². The number of carbonyl (C=O) groups is 2. The molecule has 27 heavy (non-hydrogen) atoms. The van der Waals surface area contributed by atoms with Crippen molar-refractivity contribution in [2.75, 3.05) is 12.4 Å². The van der Waals surface area contributed by atoms with Crippen LogP contribution < -0.4 is 10.1 Å². The number of thiophene rings is 1. The number of amides is 1. The Morgan fingerprint density at radius 2 is 1.96 bits per heavy atom. The van der Waals surface area contributed by atoms with Crippen LogP contribution in [0.1, 0.15) is 40.6 Å². The molecule has 3 rings (SSSR count). The molecular formula is C19H19Cl2NO4S. The maximum absolute atomic E-state index is 12.6. The minimum Gasteiger partial charge on any atom is -0.479 e. The average molecular weight is 428 g/mol. The van der Waals surface area contributed by atoms with Gasteiger partial charge in [-0.2, -0.15) is 0 Å². The predicted molar refractivity (Wildman–Crippen MR) is 107 cm³/mol. The Bertz CT molecular complexity index is 881. The van der Waals surface area contributed by atoms with Gasteiger partial charge in [-0.3, -0.25) is 4.79 Å². The molecular weight excluding hydrogens is 409 g/mol. The molecule has 0 unspecified atom stereocenters. The first-order chi connectivity index (χ1) is 12.9. The van der Waals surface area contributed by atoms with Crippen LogP contribution in [0.5, 0.6) is 5.75 Å². The first-order valence-corrected chi connectivity index (χ1v) is 10.1. The molecule has 0 radical (unpaired) electrons. The second-order valence-corrected chi connectivity index (χ2v) is 8.18. The number of halogens is 2. The second kappa shape index (κ2) is 8.50. The van der Waals surface area contributed by atoms with Crippen LogP contribution in [0, 0.1) is 0 Å². The number of nitrogens with one attached hydrogen (secondary N) is 1. The number of hydrogen-bond donors (Lipinski definition) is 1. The second-order valence-electron chi connectivity index (χ2n) is 6.23. The molecule has 8 heteroatoms. The number of fused-ring (bicyclic) bond motifs is 1. The lowest BCUT2D eigenvalue weighted by Crippen LogP contribution is -2.30. The topological polar surface area (TPSA) is 64.6 Å². The zero-order chi connectivity index (χ0) is 19.6. The highest BCUT2D eigenvalue weighted by Gasteiger charge is 2.28. The zero-order valence-electron chi connectivity index (χ0n) is 14.9. The molecule has 1 aromatic carbocycles.